The van der Waals surface area contributed by atoms with Crippen molar-refractivity contribution in [3.05, 3.63) is 39.8 Å². The number of rotatable bonds is 1. The van der Waals surface area contributed by atoms with E-state index in [9.17, 15) is 0 Å². The van der Waals surface area contributed by atoms with E-state index in [0.29, 0.717) is 0 Å². The Balaban J connectivity index is 1.93. The summed E-state index contributed by atoms with van der Waals surface area (Å²) in [4.78, 5) is 7.97. The second-order valence-corrected chi connectivity index (χ2v) is 8.95. The minimum Gasteiger partial charge on any atom is -0.379 e. The second-order valence-electron chi connectivity index (χ2n) is 6.50. The van der Waals surface area contributed by atoms with Crippen molar-refractivity contribution in [1.82, 2.24) is 9.80 Å². The van der Waals surface area contributed by atoms with Gasteiger partial charge in [-0.3, -0.25) is 9.80 Å². The summed E-state index contributed by atoms with van der Waals surface area (Å²) >= 11 is 4.06. The molecule has 2 atom stereocenters. The summed E-state index contributed by atoms with van der Waals surface area (Å²) in [5.74, 6) is 4.69. The van der Waals surface area contributed by atoms with Crippen LogP contribution in [0.15, 0.2) is 23.3 Å². The maximum atomic E-state index is 9.10. The van der Waals surface area contributed by atoms with Crippen molar-refractivity contribution in [2.24, 2.45) is 5.11 Å². The first-order valence-corrected chi connectivity index (χ1v) is 11.5. The molecule has 4 bridgehead atoms. The number of hydrogen-bond donors (Lipinski definition) is 0. The molecule has 3 rings (SSSR count). The Morgan fingerprint density at radius 1 is 0.885 bits per heavy atom. The van der Waals surface area contributed by atoms with Crippen molar-refractivity contribution in [2.75, 3.05) is 62.4 Å². The van der Waals surface area contributed by atoms with E-state index in [1.54, 1.807) is 0 Å². The van der Waals surface area contributed by atoms with Gasteiger partial charge in [0.15, 0.2) is 0 Å². The molecule has 0 amide bonds. The molecule has 1 aromatic carbocycles. The first-order valence-electron chi connectivity index (χ1n) is 9.20. The zero-order chi connectivity index (χ0) is 18.0. The molecule has 26 heavy (non-hydrogen) atoms. The first-order chi connectivity index (χ1) is 12.9. The number of ether oxygens (including phenoxy) is 1. The SMILES string of the molecule is [N-]=[N+]=Nc1c2cccc1CN1CCOCCN(CCSCCSCC1)C2. The van der Waals surface area contributed by atoms with Crippen molar-refractivity contribution in [3.63, 3.8) is 0 Å². The average molecular weight is 394 g/mol. The van der Waals surface area contributed by atoms with Crippen LogP contribution in [0.2, 0.25) is 0 Å². The van der Waals surface area contributed by atoms with E-state index in [1.165, 1.54) is 11.5 Å². The van der Waals surface area contributed by atoms with E-state index >= 15 is 0 Å². The lowest BCUT2D eigenvalue weighted by atomic mass is 10.1. The predicted octanol–water partition coefficient (Wildman–Crippen LogP) is 3.74. The molecule has 2 unspecified atom stereocenters. The van der Waals surface area contributed by atoms with Gasteiger partial charge in [0, 0.05) is 72.9 Å². The Morgan fingerprint density at radius 2 is 1.46 bits per heavy atom. The van der Waals surface area contributed by atoms with E-state index in [2.05, 4.69) is 38.0 Å². The zero-order valence-electron chi connectivity index (χ0n) is 15.2. The summed E-state index contributed by atoms with van der Waals surface area (Å²) in [6.45, 7) is 7.01. The number of azide groups is 1. The molecule has 0 aromatic heterocycles. The Kier molecular flexibility index (Phi) is 8.45. The molecule has 0 saturated carbocycles. The number of benzene rings is 1. The van der Waals surface area contributed by atoms with Crippen molar-refractivity contribution < 1.29 is 4.74 Å². The van der Waals surface area contributed by atoms with Crippen molar-refractivity contribution in [2.45, 2.75) is 13.1 Å². The lowest BCUT2D eigenvalue weighted by Gasteiger charge is -2.27. The van der Waals surface area contributed by atoms with Gasteiger partial charge in [-0.15, -0.1) is 0 Å². The molecule has 1 saturated heterocycles. The van der Waals surface area contributed by atoms with Gasteiger partial charge in [0.25, 0.3) is 0 Å². The molecule has 8 heteroatoms. The molecular weight excluding hydrogens is 366 g/mol. The Hall–Kier alpha value is -0.890. The van der Waals surface area contributed by atoms with Crippen LogP contribution >= 0.6 is 23.5 Å². The van der Waals surface area contributed by atoms with Crippen LogP contribution < -0.4 is 0 Å². The van der Waals surface area contributed by atoms with E-state index < -0.39 is 0 Å². The molecule has 1 fully saturated rings. The Morgan fingerprint density at radius 3 is 2.00 bits per heavy atom. The number of hydrogen-bond acceptors (Lipinski definition) is 6. The number of fused-ring (bicyclic) bond motifs is 8. The Bertz CT molecular complexity index is 583. The maximum Gasteiger partial charge on any atom is 0.0594 e. The van der Waals surface area contributed by atoms with E-state index in [1.807, 2.05) is 23.5 Å². The molecule has 0 aliphatic carbocycles. The van der Waals surface area contributed by atoms with Crippen molar-refractivity contribution in [3.8, 4) is 0 Å². The van der Waals surface area contributed by atoms with E-state index in [4.69, 9.17) is 10.3 Å². The summed E-state index contributed by atoms with van der Waals surface area (Å²) in [7, 11) is 0. The van der Waals surface area contributed by atoms with E-state index in [-0.39, 0.29) is 0 Å². The smallest absolute Gasteiger partial charge is 0.0594 e. The summed E-state index contributed by atoms with van der Waals surface area (Å²) in [6, 6.07) is 6.29. The molecule has 1 aromatic rings. The highest BCUT2D eigenvalue weighted by atomic mass is 32.2. The van der Waals surface area contributed by atoms with Gasteiger partial charge in [-0.2, -0.15) is 23.5 Å². The molecule has 0 radical (unpaired) electrons. The fourth-order valence-corrected chi connectivity index (χ4v) is 5.42. The van der Waals surface area contributed by atoms with Crippen LogP contribution in [-0.4, -0.2) is 72.2 Å². The fourth-order valence-electron chi connectivity index (χ4n) is 3.29. The number of thioether (sulfide) groups is 2. The van der Waals surface area contributed by atoms with Gasteiger partial charge in [0.05, 0.1) is 13.2 Å². The average Bonchev–Trinajstić information content (AvgIpc) is 2.65. The van der Waals surface area contributed by atoms with E-state index in [0.717, 1.165) is 80.8 Å². The normalized spacial score (nSPS) is 25.7. The number of nitrogens with zero attached hydrogens (tertiary/aromatic N) is 5. The molecule has 6 nitrogen and oxygen atoms in total. The minimum atomic E-state index is 0.754. The highest BCUT2D eigenvalue weighted by molar-refractivity contribution is 8.02. The molecule has 0 N–H and O–H groups in total. The second kappa shape index (κ2) is 11.1. The lowest BCUT2D eigenvalue weighted by molar-refractivity contribution is 0.0817. The van der Waals surface area contributed by atoms with Gasteiger partial charge >= 0.3 is 0 Å². The first kappa shape index (κ1) is 19.9. The highest BCUT2D eigenvalue weighted by Crippen LogP contribution is 2.28. The minimum absolute atomic E-state index is 0.754. The van der Waals surface area contributed by atoms with Gasteiger partial charge in [-0.1, -0.05) is 23.3 Å². The van der Waals surface area contributed by atoms with Crippen LogP contribution in [0.1, 0.15) is 11.1 Å². The van der Waals surface area contributed by atoms with Crippen molar-refractivity contribution >= 4 is 29.2 Å². The standard InChI is InChI=1S/C18H27N5OS2/c19-21-20-18-16-2-1-3-17(18)15-23-5-9-24-8-4-22(14-16)6-10-25-12-13-26-11-7-23/h1-3H,4-15H2. The third kappa shape index (κ3) is 6.08. The Labute approximate surface area is 164 Å². The highest BCUT2D eigenvalue weighted by Gasteiger charge is 2.16. The summed E-state index contributed by atoms with van der Waals surface area (Å²) in [5.41, 5.74) is 12.2. The van der Waals surface area contributed by atoms with Crippen LogP contribution in [0.3, 0.4) is 0 Å². The van der Waals surface area contributed by atoms with Crippen molar-refractivity contribution in [1.29, 1.82) is 0 Å². The van der Waals surface area contributed by atoms with Gasteiger partial charge in [0.2, 0.25) is 0 Å². The van der Waals surface area contributed by atoms with Gasteiger partial charge in [-0.05, 0) is 16.7 Å². The molecule has 0 spiro atoms. The molecule has 2 heterocycles. The maximum absolute atomic E-state index is 9.10. The zero-order valence-corrected chi connectivity index (χ0v) is 16.8. The topological polar surface area (TPSA) is 64.5 Å². The molecule has 2 aliphatic rings. The van der Waals surface area contributed by atoms with Gasteiger partial charge in [-0.25, -0.2) is 0 Å². The fraction of sp³-hybridized carbons (Fsp3) is 0.667. The summed E-state index contributed by atoms with van der Waals surface area (Å²) in [6.07, 6.45) is 0. The lowest BCUT2D eigenvalue weighted by Crippen LogP contribution is -2.33. The summed E-state index contributed by atoms with van der Waals surface area (Å²) < 4.78 is 5.91. The predicted molar refractivity (Wildman–Crippen MR) is 111 cm³/mol. The van der Waals surface area contributed by atoms with Crippen LogP contribution in [0.25, 0.3) is 10.4 Å². The summed E-state index contributed by atoms with van der Waals surface area (Å²) in [5, 5.41) is 4.08. The molecular formula is C18H27N5OS2. The third-order valence-electron chi connectivity index (χ3n) is 4.72. The van der Waals surface area contributed by atoms with Crippen LogP contribution in [-0.2, 0) is 17.8 Å². The van der Waals surface area contributed by atoms with Gasteiger partial charge < -0.3 is 4.74 Å². The monoisotopic (exact) mass is 393 g/mol. The van der Waals surface area contributed by atoms with Crippen LogP contribution in [0.5, 0.6) is 0 Å². The van der Waals surface area contributed by atoms with Crippen LogP contribution in [0, 0.1) is 0 Å². The van der Waals surface area contributed by atoms with Gasteiger partial charge in [0.1, 0.15) is 0 Å². The van der Waals surface area contributed by atoms with Crippen LogP contribution in [0.4, 0.5) is 5.69 Å². The molecule has 142 valence electrons. The largest absolute Gasteiger partial charge is 0.379 e. The third-order valence-corrected chi connectivity index (χ3v) is 6.90. The quantitative estimate of drug-likeness (QED) is 0.315. The molecule has 2 aliphatic heterocycles.